The topological polar surface area (TPSA) is 72.7 Å². The Bertz CT molecular complexity index is 1240. The number of nitrogens with one attached hydrogen (secondary N) is 1. The molecule has 0 fully saturated rings. The third-order valence-corrected chi connectivity index (χ3v) is 4.70. The minimum atomic E-state index is -0.498. The number of anilines is 2. The Morgan fingerprint density at radius 3 is 2.62 bits per heavy atom. The Morgan fingerprint density at radius 2 is 1.79 bits per heavy atom. The molecule has 0 unspecified atom stereocenters. The summed E-state index contributed by atoms with van der Waals surface area (Å²) < 4.78 is 7.62. The second kappa shape index (κ2) is 8.28. The normalized spacial score (nSPS) is 10.7. The van der Waals surface area contributed by atoms with E-state index in [-0.39, 0.29) is 12.2 Å². The molecule has 0 saturated heterocycles. The van der Waals surface area contributed by atoms with Gasteiger partial charge in [0.2, 0.25) is 0 Å². The molecule has 0 atom stereocenters. The predicted octanol–water partition coefficient (Wildman–Crippen LogP) is 4.56. The van der Waals surface area contributed by atoms with Gasteiger partial charge < -0.3 is 10.1 Å². The summed E-state index contributed by atoms with van der Waals surface area (Å²) in [4.78, 5) is 29.3. The molecule has 2 heterocycles. The number of para-hydroxylation sites is 2. The number of nitrogens with zero attached hydrogens (tertiary/aromatic N) is 2. The summed E-state index contributed by atoms with van der Waals surface area (Å²) >= 11 is 3.33. The lowest BCUT2D eigenvalue weighted by Crippen LogP contribution is -2.17. The molecular formula is C22H16BrN3O3. The van der Waals surface area contributed by atoms with E-state index in [1.165, 1.54) is 10.5 Å². The molecule has 29 heavy (non-hydrogen) atoms. The van der Waals surface area contributed by atoms with Crippen molar-refractivity contribution in [1.82, 2.24) is 9.38 Å². The molecule has 2 aromatic heterocycles. The van der Waals surface area contributed by atoms with Crippen molar-refractivity contribution in [2.75, 3.05) is 5.32 Å². The van der Waals surface area contributed by atoms with Crippen LogP contribution >= 0.6 is 15.9 Å². The lowest BCUT2D eigenvalue weighted by Gasteiger charge is -2.12. The number of hydrogen-bond acceptors (Lipinski definition) is 5. The number of rotatable bonds is 5. The van der Waals surface area contributed by atoms with Gasteiger partial charge in [-0.3, -0.25) is 9.20 Å². The second-order valence-corrected chi connectivity index (χ2v) is 7.19. The summed E-state index contributed by atoms with van der Waals surface area (Å²) in [5.74, 6) is -0.498. The first-order valence-corrected chi connectivity index (χ1v) is 9.65. The molecular weight excluding hydrogens is 434 g/mol. The zero-order valence-corrected chi connectivity index (χ0v) is 16.8. The van der Waals surface area contributed by atoms with Crippen molar-refractivity contribution in [1.29, 1.82) is 0 Å². The molecule has 4 rings (SSSR count). The van der Waals surface area contributed by atoms with Crippen molar-refractivity contribution in [3.05, 3.63) is 105 Å². The van der Waals surface area contributed by atoms with Gasteiger partial charge in [0.05, 0.1) is 16.9 Å². The third-order valence-electron chi connectivity index (χ3n) is 4.23. The van der Waals surface area contributed by atoms with E-state index in [1.54, 1.807) is 30.5 Å². The molecule has 0 radical (unpaired) electrons. The maximum atomic E-state index is 12.6. The lowest BCUT2D eigenvalue weighted by molar-refractivity contribution is 0.0469. The SMILES string of the molecule is O=C(OCc1cc(=O)n2cc(Br)ccc2n1)c1ccccc1Nc1ccccc1. The minimum absolute atomic E-state index is 0.0969. The van der Waals surface area contributed by atoms with Gasteiger partial charge in [0.15, 0.2) is 0 Å². The number of fused-ring (bicyclic) bond motifs is 1. The zero-order chi connectivity index (χ0) is 20.2. The summed E-state index contributed by atoms with van der Waals surface area (Å²) in [7, 11) is 0. The average Bonchev–Trinajstić information content (AvgIpc) is 2.74. The van der Waals surface area contributed by atoms with Crippen LogP contribution in [0.3, 0.4) is 0 Å². The standard InChI is InChI=1S/C22H16BrN3O3/c23-15-10-11-20-25-17(12-21(27)26(20)13-15)14-29-22(28)18-8-4-5-9-19(18)24-16-6-2-1-3-7-16/h1-13,24H,14H2. The quantitative estimate of drug-likeness (QED) is 0.452. The average molecular weight is 450 g/mol. The largest absolute Gasteiger partial charge is 0.456 e. The van der Waals surface area contributed by atoms with Gasteiger partial charge in [0, 0.05) is 22.4 Å². The number of carbonyl (C=O) groups is 1. The molecule has 7 heteroatoms. The Labute approximate surface area is 174 Å². The molecule has 0 amide bonds. The Hall–Kier alpha value is -3.45. The van der Waals surface area contributed by atoms with Crippen LogP contribution in [0.5, 0.6) is 0 Å². The maximum Gasteiger partial charge on any atom is 0.340 e. The molecule has 4 aromatic rings. The van der Waals surface area contributed by atoms with Gasteiger partial charge in [-0.25, -0.2) is 9.78 Å². The second-order valence-electron chi connectivity index (χ2n) is 6.27. The molecule has 6 nitrogen and oxygen atoms in total. The van der Waals surface area contributed by atoms with Crippen molar-refractivity contribution in [3.63, 3.8) is 0 Å². The molecule has 1 N–H and O–H groups in total. The van der Waals surface area contributed by atoms with E-state index in [2.05, 4.69) is 26.2 Å². The summed E-state index contributed by atoms with van der Waals surface area (Å²) in [6.45, 7) is -0.0969. The smallest absolute Gasteiger partial charge is 0.340 e. The number of carbonyl (C=O) groups excluding carboxylic acids is 1. The highest BCUT2D eigenvalue weighted by Crippen LogP contribution is 2.21. The van der Waals surface area contributed by atoms with Crippen LogP contribution in [0, 0.1) is 0 Å². The summed E-state index contributed by atoms with van der Waals surface area (Å²) in [6, 6.07) is 21.5. The van der Waals surface area contributed by atoms with Crippen LogP contribution in [0.2, 0.25) is 0 Å². The van der Waals surface area contributed by atoms with E-state index >= 15 is 0 Å². The molecule has 0 bridgehead atoms. The zero-order valence-electron chi connectivity index (χ0n) is 15.2. The van der Waals surface area contributed by atoms with Crippen molar-refractivity contribution < 1.29 is 9.53 Å². The number of ether oxygens (including phenoxy) is 1. The minimum Gasteiger partial charge on any atom is -0.456 e. The van der Waals surface area contributed by atoms with E-state index in [0.717, 1.165) is 10.2 Å². The van der Waals surface area contributed by atoms with Crippen molar-refractivity contribution in [2.24, 2.45) is 0 Å². The van der Waals surface area contributed by atoms with Crippen LogP contribution in [0.15, 0.2) is 88.3 Å². The Kier molecular flexibility index (Phi) is 5.39. The molecule has 0 saturated carbocycles. The Morgan fingerprint density at radius 1 is 1.03 bits per heavy atom. The van der Waals surface area contributed by atoms with Crippen LogP contribution in [0.4, 0.5) is 11.4 Å². The molecule has 2 aromatic carbocycles. The van der Waals surface area contributed by atoms with Crippen LogP contribution in [-0.2, 0) is 11.3 Å². The van der Waals surface area contributed by atoms with Gasteiger partial charge in [-0.1, -0.05) is 30.3 Å². The highest BCUT2D eigenvalue weighted by molar-refractivity contribution is 9.10. The highest BCUT2D eigenvalue weighted by atomic mass is 79.9. The van der Waals surface area contributed by atoms with Gasteiger partial charge in [0.1, 0.15) is 12.3 Å². The fourth-order valence-electron chi connectivity index (χ4n) is 2.86. The van der Waals surface area contributed by atoms with Gasteiger partial charge in [-0.2, -0.15) is 0 Å². The third kappa shape index (κ3) is 4.35. The van der Waals surface area contributed by atoms with E-state index in [0.29, 0.717) is 22.6 Å². The molecule has 0 aliphatic carbocycles. The van der Waals surface area contributed by atoms with E-state index in [4.69, 9.17) is 4.74 Å². The van der Waals surface area contributed by atoms with E-state index < -0.39 is 5.97 Å². The first-order chi connectivity index (χ1) is 14.1. The van der Waals surface area contributed by atoms with Gasteiger partial charge in [-0.15, -0.1) is 0 Å². The maximum absolute atomic E-state index is 12.6. The lowest BCUT2D eigenvalue weighted by atomic mass is 10.1. The van der Waals surface area contributed by atoms with Crippen LogP contribution < -0.4 is 10.9 Å². The number of benzene rings is 2. The van der Waals surface area contributed by atoms with Crippen LogP contribution in [-0.4, -0.2) is 15.4 Å². The van der Waals surface area contributed by atoms with Gasteiger partial charge in [0.25, 0.3) is 5.56 Å². The van der Waals surface area contributed by atoms with Crippen molar-refractivity contribution >= 4 is 38.9 Å². The fraction of sp³-hybridized carbons (Fsp3) is 0.0455. The Balaban J connectivity index is 1.53. The van der Waals surface area contributed by atoms with E-state index in [9.17, 15) is 9.59 Å². The summed E-state index contributed by atoms with van der Waals surface area (Å²) in [5.41, 5.74) is 2.53. The molecule has 0 aliphatic rings. The number of pyridine rings is 1. The fourth-order valence-corrected chi connectivity index (χ4v) is 3.20. The highest BCUT2D eigenvalue weighted by Gasteiger charge is 2.14. The van der Waals surface area contributed by atoms with E-state index in [1.807, 2.05) is 42.5 Å². The molecule has 0 spiro atoms. The summed E-state index contributed by atoms with van der Waals surface area (Å²) in [6.07, 6.45) is 1.64. The number of aromatic nitrogens is 2. The van der Waals surface area contributed by atoms with Gasteiger partial charge >= 0.3 is 5.97 Å². The molecule has 0 aliphatic heterocycles. The monoisotopic (exact) mass is 449 g/mol. The van der Waals surface area contributed by atoms with Crippen molar-refractivity contribution in [2.45, 2.75) is 6.61 Å². The number of esters is 1. The number of halogens is 1. The summed E-state index contributed by atoms with van der Waals surface area (Å²) in [5, 5.41) is 3.22. The van der Waals surface area contributed by atoms with Gasteiger partial charge in [-0.05, 0) is 52.3 Å². The first-order valence-electron chi connectivity index (χ1n) is 8.86. The van der Waals surface area contributed by atoms with Crippen molar-refractivity contribution in [3.8, 4) is 0 Å². The number of hydrogen-bond donors (Lipinski definition) is 1. The van der Waals surface area contributed by atoms with Crippen LogP contribution in [0.1, 0.15) is 16.1 Å². The predicted molar refractivity (Wildman–Crippen MR) is 114 cm³/mol. The first kappa shape index (κ1) is 18.9. The van der Waals surface area contributed by atoms with Crippen LogP contribution in [0.25, 0.3) is 5.65 Å². The molecule has 144 valence electrons.